The van der Waals surface area contributed by atoms with E-state index in [-0.39, 0.29) is 50.9 Å². The van der Waals surface area contributed by atoms with Gasteiger partial charge in [0.05, 0.1) is 43.7 Å². The Balaban J connectivity index is 0.000000730. The minimum atomic E-state index is -5.08. The van der Waals surface area contributed by atoms with Crippen molar-refractivity contribution in [1.82, 2.24) is 20.1 Å². The summed E-state index contributed by atoms with van der Waals surface area (Å²) in [6, 6.07) is 13.0. The third-order valence-corrected chi connectivity index (χ3v) is 11.3. The van der Waals surface area contributed by atoms with Crippen molar-refractivity contribution in [3.63, 3.8) is 0 Å². The first kappa shape index (κ1) is 39.6. The fourth-order valence-electron chi connectivity index (χ4n) is 6.72. The van der Waals surface area contributed by atoms with E-state index >= 15 is 4.79 Å². The number of likely N-dealkylation sites (tertiary alicyclic amines) is 2. The van der Waals surface area contributed by atoms with Gasteiger partial charge in [-0.25, -0.2) is 23.0 Å². The van der Waals surface area contributed by atoms with E-state index < -0.39 is 39.6 Å². The Morgan fingerprint density at radius 3 is 2.30 bits per heavy atom. The molecule has 19 heteroatoms. The second-order valence-electron chi connectivity index (χ2n) is 12.9. The molecule has 0 radical (unpaired) electrons. The molecular weight excluding hydrogens is 737 g/mol. The van der Waals surface area contributed by atoms with E-state index in [4.69, 9.17) is 24.1 Å². The molecule has 54 heavy (non-hydrogen) atoms. The highest BCUT2D eigenvalue weighted by molar-refractivity contribution is 7.93. The lowest BCUT2D eigenvalue weighted by molar-refractivity contribution is -0.192. The first-order valence-electron chi connectivity index (χ1n) is 16.5. The summed E-state index contributed by atoms with van der Waals surface area (Å²) in [4.78, 5) is 46.0. The van der Waals surface area contributed by atoms with Crippen LogP contribution < -0.4 is 23.8 Å². The number of fused-ring (bicyclic) bond motifs is 1. The summed E-state index contributed by atoms with van der Waals surface area (Å²) in [6.45, 7) is 4.78. The molecule has 2 saturated heterocycles. The average molecular weight is 775 g/mol. The quantitative estimate of drug-likeness (QED) is 0.338. The monoisotopic (exact) mass is 774 g/mol. The van der Waals surface area contributed by atoms with E-state index in [0.717, 1.165) is 25.9 Å². The van der Waals surface area contributed by atoms with Crippen LogP contribution in [0.1, 0.15) is 36.5 Å². The van der Waals surface area contributed by atoms with Gasteiger partial charge < -0.3 is 34.4 Å². The zero-order valence-corrected chi connectivity index (χ0v) is 30.5. The normalized spacial score (nSPS) is 19.1. The number of methoxy groups -OCH3 is 2. The number of urea groups is 1. The van der Waals surface area contributed by atoms with Crippen LogP contribution in [-0.2, 0) is 25.2 Å². The summed E-state index contributed by atoms with van der Waals surface area (Å²) in [6.07, 6.45) is -1.72. The van der Waals surface area contributed by atoms with Gasteiger partial charge >= 0.3 is 18.2 Å². The summed E-state index contributed by atoms with van der Waals surface area (Å²) in [5.74, 6) is -3.41. The molecule has 0 saturated carbocycles. The fourth-order valence-corrected chi connectivity index (χ4v) is 8.32. The molecule has 3 amide bonds. The molecule has 2 fully saturated rings. The standard InChI is InChI=1S/C33H36N6O7S.C2HF3O2/c1-5-46-29-24(7-6-14-35-29)33(36-31(41)38-20-32(21-38)12-15-37(2)16-13-32)25-17-22(19-34)8-10-26(25)39(30(33)40)47(42,43)28-11-9-23(44-3)18-27(28)45-4;3-2(4,5)1(6)7/h6-11,14,17-18H,5,12-13,15-16,20-21H2,1-4H3,(H,36,41);(H,6,7). The van der Waals surface area contributed by atoms with Crippen LogP contribution in [0.3, 0.4) is 0 Å². The molecule has 2 aromatic carbocycles. The highest BCUT2D eigenvalue weighted by Gasteiger charge is 2.60. The van der Waals surface area contributed by atoms with Gasteiger partial charge in [0, 0.05) is 36.3 Å². The van der Waals surface area contributed by atoms with Crippen molar-refractivity contribution in [3.05, 3.63) is 71.4 Å². The molecule has 15 nitrogen and oxygen atoms in total. The van der Waals surface area contributed by atoms with Crippen molar-refractivity contribution in [2.24, 2.45) is 5.41 Å². The second-order valence-corrected chi connectivity index (χ2v) is 14.6. The predicted molar refractivity (Wildman–Crippen MR) is 185 cm³/mol. The molecule has 4 heterocycles. The molecule has 2 N–H and O–H groups in total. The highest BCUT2D eigenvalue weighted by Crippen LogP contribution is 2.50. The maximum Gasteiger partial charge on any atom is 0.490 e. The van der Waals surface area contributed by atoms with E-state index in [2.05, 4.69) is 28.3 Å². The number of sulfonamides is 1. The number of rotatable bonds is 8. The van der Waals surface area contributed by atoms with Gasteiger partial charge in [-0.05, 0) is 82.4 Å². The van der Waals surface area contributed by atoms with Crippen LogP contribution in [0.4, 0.5) is 23.7 Å². The molecule has 1 atom stereocenters. The number of hydrogen-bond acceptors (Lipinski definition) is 11. The van der Waals surface area contributed by atoms with Crippen molar-refractivity contribution < 1.29 is 55.3 Å². The van der Waals surface area contributed by atoms with Gasteiger partial charge in [0.2, 0.25) is 5.88 Å². The number of amides is 3. The highest BCUT2D eigenvalue weighted by atomic mass is 32.2. The van der Waals surface area contributed by atoms with Crippen molar-refractivity contribution in [3.8, 4) is 23.4 Å². The number of alkyl halides is 3. The Kier molecular flexibility index (Phi) is 11.0. The number of aromatic nitrogens is 1. The first-order chi connectivity index (χ1) is 25.5. The average Bonchev–Trinajstić information content (AvgIpc) is 3.38. The van der Waals surface area contributed by atoms with Crippen molar-refractivity contribution in [2.45, 2.75) is 36.4 Å². The van der Waals surface area contributed by atoms with Crippen LogP contribution in [0.25, 0.3) is 0 Å². The molecule has 1 spiro atoms. The minimum Gasteiger partial charge on any atom is -0.497 e. The molecule has 0 bridgehead atoms. The Hall–Kier alpha value is -5.61. The number of piperidine rings is 1. The van der Waals surface area contributed by atoms with Crippen molar-refractivity contribution in [2.75, 3.05) is 58.4 Å². The lowest BCUT2D eigenvalue weighted by Gasteiger charge is -2.54. The zero-order valence-electron chi connectivity index (χ0n) is 29.6. The molecule has 1 unspecified atom stereocenters. The van der Waals surface area contributed by atoms with Crippen LogP contribution in [0, 0.1) is 16.7 Å². The SMILES string of the molecule is CCOc1ncccc1C1(NC(=O)N2CC3(CCN(C)CC3)C2)C(=O)N(S(=O)(=O)c2ccc(OC)cc2OC)c2ccc(C#N)cc21.O=C(O)C(F)(F)F. The van der Waals surface area contributed by atoms with Crippen molar-refractivity contribution >= 4 is 33.6 Å². The molecule has 3 aliphatic rings. The second kappa shape index (κ2) is 15.0. The number of anilines is 1. The maximum atomic E-state index is 15.1. The van der Waals surface area contributed by atoms with Crippen molar-refractivity contribution in [1.29, 1.82) is 5.26 Å². The van der Waals surface area contributed by atoms with Crippen LogP contribution in [0.15, 0.2) is 59.6 Å². The summed E-state index contributed by atoms with van der Waals surface area (Å²) >= 11 is 0. The number of nitriles is 1. The van der Waals surface area contributed by atoms with Gasteiger partial charge in [-0.3, -0.25) is 4.79 Å². The molecule has 6 rings (SSSR count). The predicted octanol–water partition coefficient (Wildman–Crippen LogP) is 3.72. The maximum absolute atomic E-state index is 15.1. The molecule has 3 aromatic rings. The van der Waals surface area contributed by atoms with Crippen LogP contribution in [-0.4, -0.2) is 106 Å². The summed E-state index contributed by atoms with van der Waals surface area (Å²) in [5, 5.41) is 19.9. The number of carboxylic acids is 1. The summed E-state index contributed by atoms with van der Waals surface area (Å²) < 4.78 is 78.0. The first-order valence-corrected chi connectivity index (χ1v) is 17.9. The smallest absolute Gasteiger partial charge is 0.490 e. The number of carbonyl (C=O) groups excluding carboxylic acids is 2. The van der Waals surface area contributed by atoms with Crippen LogP contribution >= 0.6 is 0 Å². The van der Waals surface area contributed by atoms with Gasteiger partial charge in [-0.1, -0.05) is 0 Å². The third kappa shape index (κ3) is 7.18. The number of pyridine rings is 1. The third-order valence-electron chi connectivity index (χ3n) is 9.52. The van der Waals surface area contributed by atoms with Gasteiger partial charge in [0.15, 0.2) is 5.54 Å². The number of carboxylic acid groups (broad SMARTS) is 1. The van der Waals surface area contributed by atoms with E-state index in [0.29, 0.717) is 23.1 Å². The van der Waals surface area contributed by atoms with Gasteiger partial charge in [0.25, 0.3) is 15.9 Å². The Labute approximate surface area is 308 Å². The Morgan fingerprint density at radius 1 is 1.06 bits per heavy atom. The number of halogens is 3. The number of aliphatic carboxylic acids is 1. The van der Waals surface area contributed by atoms with Gasteiger partial charge in [-0.15, -0.1) is 0 Å². The van der Waals surface area contributed by atoms with E-state index in [1.165, 1.54) is 56.8 Å². The number of benzene rings is 2. The summed E-state index contributed by atoms with van der Waals surface area (Å²) in [5.41, 5.74) is -1.78. The zero-order chi connectivity index (χ0) is 39.6. The molecule has 288 valence electrons. The lowest BCUT2D eigenvalue weighted by Crippen LogP contribution is -2.66. The van der Waals surface area contributed by atoms with Crippen LogP contribution in [0.5, 0.6) is 17.4 Å². The van der Waals surface area contributed by atoms with E-state index in [1.54, 1.807) is 24.0 Å². The van der Waals surface area contributed by atoms with Gasteiger partial charge in [0.1, 0.15) is 16.4 Å². The molecule has 3 aliphatic heterocycles. The fraction of sp³-hybridized carbons (Fsp3) is 0.400. The van der Waals surface area contributed by atoms with E-state index in [9.17, 15) is 31.6 Å². The van der Waals surface area contributed by atoms with E-state index in [1.807, 2.05) is 0 Å². The van der Waals surface area contributed by atoms with Gasteiger partial charge in [-0.2, -0.15) is 22.7 Å². The lowest BCUT2D eigenvalue weighted by atomic mass is 9.72. The number of hydrogen-bond donors (Lipinski definition) is 2. The largest absolute Gasteiger partial charge is 0.497 e. The minimum absolute atomic E-state index is 0.00629. The van der Waals surface area contributed by atoms with Crippen LogP contribution in [0.2, 0.25) is 0 Å². The number of carbonyl (C=O) groups is 3. The molecule has 1 aromatic heterocycles. The molecular formula is C35H37F3N6O9S. The Morgan fingerprint density at radius 2 is 1.72 bits per heavy atom. The number of nitrogens with one attached hydrogen (secondary N) is 1. The topological polar surface area (TPSA) is 192 Å². The number of nitrogens with zero attached hydrogens (tertiary/aromatic N) is 5. The number of ether oxygens (including phenoxy) is 3. The summed E-state index contributed by atoms with van der Waals surface area (Å²) in [7, 11) is 0.140. The molecule has 0 aliphatic carbocycles. The Bertz CT molecular complexity index is 2090.